The molecule has 2 amide bonds. The maximum absolute atomic E-state index is 14.1. The van der Waals surface area contributed by atoms with Crippen molar-refractivity contribution in [3.8, 4) is 5.75 Å². The first-order valence-electron chi connectivity index (χ1n) is 12.7. The molecule has 0 aromatic heterocycles. The second-order valence-corrected chi connectivity index (χ2v) is 12.0. The van der Waals surface area contributed by atoms with Gasteiger partial charge < -0.3 is 15.0 Å². The Morgan fingerprint density at radius 1 is 0.950 bits per heavy atom. The minimum atomic E-state index is -3.97. The number of sulfonamides is 1. The molecule has 0 spiro atoms. The predicted octanol–water partition coefficient (Wildman–Crippen LogP) is 4.93. The van der Waals surface area contributed by atoms with Crippen molar-refractivity contribution in [2.24, 2.45) is 0 Å². The Balaban J connectivity index is 2.08. The normalized spacial score (nSPS) is 11.9. The minimum absolute atomic E-state index is 0.0285. The Bertz CT molecular complexity index is 1420. The Labute approximate surface area is 245 Å². The molecule has 3 aromatic rings. The number of rotatable bonds is 13. The summed E-state index contributed by atoms with van der Waals surface area (Å²) in [5.74, 6) is -0.696. The number of hydrogen-bond acceptors (Lipinski definition) is 5. The summed E-state index contributed by atoms with van der Waals surface area (Å²) in [6.07, 6.45) is 1.93. The maximum atomic E-state index is 14.1. The average molecular weight is 607 g/mol. The van der Waals surface area contributed by atoms with Crippen LogP contribution in [-0.2, 0) is 32.6 Å². The molecule has 0 aliphatic carbocycles. The highest BCUT2D eigenvalue weighted by atomic mass is 35.5. The zero-order valence-electron chi connectivity index (χ0n) is 22.6. The van der Waals surface area contributed by atoms with Gasteiger partial charge in [-0.15, -0.1) is 0 Å². The Kier molecular flexibility index (Phi) is 11.2. The lowest BCUT2D eigenvalue weighted by molar-refractivity contribution is -0.140. The van der Waals surface area contributed by atoms with Gasteiger partial charge in [-0.25, -0.2) is 8.42 Å². The third kappa shape index (κ3) is 8.61. The minimum Gasteiger partial charge on any atom is -0.495 e. The van der Waals surface area contributed by atoms with Crippen LogP contribution < -0.4 is 14.4 Å². The van der Waals surface area contributed by atoms with Crippen molar-refractivity contribution < 1.29 is 22.7 Å². The van der Waals surface area contributed by atoms with Crippen LogP contribution in [0.3, 0.4) is 0 Å². The fourth-order valence-corrected chi connectivity index (χ4v) is 5.43. The first-order chi connectivity index (χ1) is 19.0. The van der Waals surface area contributed by atoms with Crippen molar-refractivity contribution in [2.45, 2.75) is 32.4 Å². The summed E-state index contributed by atoms with van der Waals surface area (Å²) in [5, 5.41) is 3.64. The van der Waals surface area contributed by atoms with Crippen molar-refractivity contribution >= 4 is 50.7 Å². The molecule has 8 nitrogen and oxygen atoms in total. The third-order valence-corrected chi connectivity index (χ3v) is 7.75. The lowest BCUT2D eigenvalue weighted by Crippen LogP contribution is -2.53. The number of halogens is 2. The molecule has 40 heavy (non-hydrogen) atoms. The van der Waals surface area contributed by atoms with Crippen LogP contribution in [0.1, 0.15) is 24.5 Å². The number of carbonyl (C=O) groups is 2. The molecule has 3 rings (SSSR count). The van der Waals surface area contributed by atoms with Crippen LogP contribution in [0.4, 0.5) is 5.69 Å². The molecule has 0 fully saturated rings. The topological polar surface area (TPSA) is 96.0 Å². The largest absolute Gasteiger partial charge is 0.495 e. The van der Waals surface area contributed by atoms with Crippen LogP contribution in [0.2, 0.25) is 10.0 Å². The van der Waals surface area contributed by atoms with Gasteiger partial charge in [0.2, 0.25) is 21.8 Å². The Morgan fingerprint density at radius 2 is 1.62 bits per heavy atom. The van der Waals surface area contributed by atoms with E-state index in [0.29, 0.717) is 23.6 Å². The second-order valence-electron chi connectivity index (χ2n) is 9.23. The Morgan fingerprint density at radius 3 is 2.25 bits per heavy atom. The van der Waals surface area contributed by atoms with Gasteiger partial charge in [0, 0.05) is 29.6 Å². The lowest BCUT2D eigenvalue weighted by Gasteiger charge is -2.33. The van der Waals surface area contributed by atoms with Crippen molar-refractivity contribution in [3.63, 3.8) is 0 Å². The van der Waals surface area contributed by atoms with E-state index in [1.165, 1.54) is 24.1 Å². The van der Waals surface area contributed by atoms with Crippen molar-refractivity contribution in [1.29, 1.82) is 0 Å². The van der Waals surface area contributed by atoms with E-state index in [4.69, 9.17) is 27.9 Å². The van der Waals surface area contributed by atoms with E-state index < -0.39 is 28.5 Å². The van der Waals surface area contributed by atoms with Crippen LogP contribution >= 0.6 is 23.2 Å². The smallest absolute Gasteiger partial charge is 0.244 e. The molecule has 1 N–H and O–H groups in total. The van der Waals surface area contributed by atoms with E-state index in [1.807, 2.05) is 37.3 Å². The number of ether oxygens (including phenoxy) is 1. The van der Waals surface area contributed by atoms with Gasteiger partial charge in [0.15, 0.2) is 0 Å². The molecule has 0 radical (unpaired) electrons. The zero-order valence-corrected chi connectivity index (χ0v) is 25.0. The number of hydrogen-bond donors (Lipinski definition) is 1. The highest BCUT2D eigenvalue weighted by Crippen LogP contribution is 2.33. The summed E-state index contributed by atoms with van der Waals surface area (Å²) in [4.78, 5) is 29.0. The van der Waals surface area contributed by atoms with Gasteiger partial charge in [0.25, 0.3) is 0 Å². The van der Waals surface area contributed by atoms with Crippen molar-refractivity contribution in [2.75, 3.05) is 30.8 Å². The van der Waals surface area contributed by atoms with Crippen molar-refractivity contribution in [1.82, 2.24) is 10.2 Å². The van der Waals surface area contributed by atoms with E-state index in [9.17, 15) is 18.0 Å². The summed E-state index contributed by atoms with van der Waals surface area (Å²) in [6.45, 7) is 1.81. The highest BCUT2D eigenvalue weighted by Gasteiger charge is 2.33. The Hall–Kier alpha value is -3.27. The molecular weight excluding hydrogens is 573 g/mol. The molecule has 0 saturated heterocycles. The number of carbonyl (C=O) groups excluding carboxylic acids is 2. The number of nitrogens with zero attached hydrogens (tertiary/aromatic N) is 2. The van der Waals surface area contributed by atoms with Crippen LogP contribution in [0.25, 0.3) is 0 Å². The molecule has 0 bridgehead atoms. The molecule has 3 aromatic carbocycles. The molecule has 0 aliphatic rings. The summed E-state index contributed by atoms with van der Waals surface area (Å²) in [5.41, 5.74) is 1.65. The fourth-order valence-electron chi connectivity index (χ4n) is 4.20. The summed E-state index contributed by atoms with van der Waals surface area (Å²) >= 11 is 12.4. The van der Waals surface area contributed by atoms with Gasteiger partial charge in [-0.3, -0.25) is 13.9 Å². The number of benzene rings is 3. The van der Waals surface area contributed by atoms with Gasteiger partial charge in [-0.05, 0) is 47.9 Å². The molecule has 0 aliphatic heterocycles. The summed E-state index contributed by atoms with van der Waals surface area (Å²) in [6, 6.07) is 19.9. The van der Waals surface area contributed by atoms with Crippen LogP contribution in [0.15, 0.2) is 72.8 Å². The standard InChI is InChI=1S/C29H33Cl2N3O5S/c1-4-15-32-29(36)26(17-21-9-6-5-7-10-21)33(19-22-11-8-12-23(30)16-22)28(35)20-34(40(3,37)38)25-18-24(31)13-14-27(25)39-2/h5-14,16,18,26H,4,15,17,19-20H2,1-3H3,(H,32,36)/t26-/m1/s1. The van der Waals surface area contributed by atoms with Crippen LogP contribution in [0, 0.1) is 0 Å². The first kappa shape index (κ1) is 31.3. The maximum Gasteiger partial charge on any atom is 0.244 e. The summed E-state index contributed by atoms with van der Waals surface area (Å²) < 4.78 is 32.2. The zero-order chi connectivity index (χ0) is 29.3. The molecule has 1 atom stereocenters. The first-order valence-corrected chi connectivity index (χ1v) is 15.3. The van der Waals surface area contributed by atoms with E-state index in [0.717, 1.165) is 16.1 Å². The van der Waals surface area contributed by atoms with Gasteiger partial charge in [0.1, 0.15) is 18.3 Å². The lowest BCUT2D eigenvalue weighted by atomic mass is 10.0. The number of anilines is 1. The van der Waals surface area contributed by atoms with Crippen LogP contribution in [0.5, 0.6) is 5.75 Å². The molecule has 0 unspecified atom stereocenters. The third-order valence-electron chi connectivity index (χ3n) is 6.15. The van der Waals surface area contributed by atoms with E-state index in [-0.39, 0.29) is 35.3 Å². The number of nitrogens with one attached hydrogen (secondary N) is 1. The molecule has 214 valence electrons. The van der Waals surface area contributed by atoms with Crippen LogP contribution in [-0.4, -0.2) is 57.6 Å². The molecule has 11 heteroatoms. The van der Waals surface area contributed by atoms with Gasteiger partial charge in [-0.1, -0.05) is 72.6 Å². The van der Waals surface area contributed by atoms with Gasteiger partial charge >= 0.3 is 0 Å². The molecule has 0 heterocycles. The summed E-state index contributed by atoms with van der Waals surface area (Å²) in [7, 11) is -2.57. The van der Waals surface area contributed by atoms with E-state index >= 15 is 0 Å². The number of amides is 2. The van der Waals surface area contributed by atoms with Gasteiger partial charge in [-0.2, -0.15) is 0 Å². The molecule has 0 saturated carbocycles. The fraction of sp³-hybridized carbons (Fsp3) is 0.310. The quantitative estimate of drug-likeness (QED) is 0.298. The highest BCUT2D eigenvalue weighted by molar-refractivity contribution is 7.92. The second kappa shape index (κ2) is 14.4. The average Bonchev–Trinajstić information content (AvgIpc) is 2.92. The van der Waals surface area contributed by atoms with Gasteiger partial charge in [0.05, 0.1) is 19.1 Å². The monoisotopic (exact) mass is 605 g/mol. The van der Waals surface area contributed by atoms with Crippen molar-refractivity contribution in [3.05, 3.63) is 94.0 Å². The number of methoxy groups -OCH3 is 1. The van der Waals surface area contributed by atoms with E-state index in [1.54, 1.807) is 30.3 Å². The van der Waals surface area contributed by atoms with E-state index in [2.05, 4.69) is 5.32 Å². The predicted molar refractivity (Wildman–Crippen MR) is 159 cm³/mol. The molecular formula is C29H33Cl2N3O5S. The SMILES string of the molecule is CCCNC(=O)[C@@H](Cc1ccccc1)N(Cc1cccc(Cl)c1)C(=O)CN(c1cc(Cl)ccc1OC)S(C)(=O)=O.